The summed E-state index contributed by atoms with van der Waals surface area (Å²) >= 11 is 0. The van der Waals surface area contributed by atoms with Crippen molar-refractivity contribution in [3.63, 3.8) is 0 Å². The van der Waals surface area contributed by atoms with Crippen LogP contribution in [0.1, 0.15) is 22.6 Å². The lowest BCUT2D eigenvalue weighted by Gasteiger charge is -2.04. The molecule has 1 aromatic carbocycles. The Labute approximate surface area is 116 Å². The van der Waals surface area contributed by atoms with Crippen molar-refractivity contribution in [2.45, 2.75) is 25.0 Å². The number of benzene rings is 1. The van der Waals surface area contributed by atoms with Gasteiger partial charge in [0.2, 0.25) is 0 Å². The Balaban J connectivity index is 1.95. The first-order valence-corrected chi connectivity index (χ1v) is 7.79. The largest absolute Gasteiger partial charge is 0.464 e. The van der Waals surface area contributed by atoms with Crippen LogP contribution in [0.2, 0.25) is 0 Å². The van der Waals surface area contributed by atoms with Crippen molar-refractivity contribution in [3.05, 3.63) is 59.0 Å². The molecule has 3 nitrogen and oxygen atoms in total. The average molecular weight is 277 g/mol. The van der Waals surface area contributed by atoms with Crippen LogP contribution in [0.3, 0.4) is 0 Å². The second kappa shape index (κ2) is 6.68. The summed E-state index contributed by atoms with van der Waals surface area (Å²) in [5.74, 6) is 2.72. The Kier molecular flexibility index (Phi) is 4.93. The highest BCUT2D eigenvalue weighted by Gasteiger charge is 2.08. The first kappa shape index (κ1) is 14.0. The van der Waals surface area contributed by atoms with E-state index in [0.717, 1.165) is 17.1 Å². The minimum atomic E-state index is -0.937. The van der Waals surface area contributed by atoms with Crippen LogP contribution >= 0.6 is 0 Å². The summed E-state index contributed by atoms with van der Waals surface area (Å²) in [6.07, 6.45) is 0. The zero-order chi connectivity index (χ0) is 13.7. The number of rotatable bonds is 6. The summed E-state index contributed by atoms with van der Waals surface area (Å²) in [5.41, 5.74) is 2.33. The van der Waals surface area contributed by atoms with E-state index in [4.69, 9.17) is 4.42 Å². The van der Waals surface area contributed by atoms with Crippen LogP contribution in [0.15, 0.2) is 40.8 Å². The molecule has 0 radical (unpaired) electrons. The van der Waals surface area contributed by atoms with Crippen molar-refractivity contribution in [3.8, 4) is 0 Å². The van der Waals surface area contributed by atoms with Crippen molar-refractivity contribution in [2.75, 3.05) is 7.05 Å². The number of furan rings is 1. The molecule has 0 aliphatic heterocycles. The molecule has 0 amide bonds. The Morgan fingerprint density at radius 3 is 2.58 bits per heavy atom. The van der Waals surface area contributed by atoms with Crippen molar-refractivity contribution in [2.24, 2.45) is 0 Å². The SMILES string of the molecule is CNCc1ccc(CS(=O)Cc2ccccc2C)o1. The van der Waals surface area contributed by atoms with Crippen LogP contribution in [-0.2, 0) is 28.9 Å². The molecule has 2 rings (SSSR count). The third-order valence-corrected chi connectivity index (χ3v) is 4.19. The van der Waals surface area contributed by atoms with E-state index in [-0.39, 0.29) is 0 Å². The second-order valence-corrected chi connectivity index (χ2v) is 6.01. The molecule has 1 aromatic heterocycles. The van der Waals surface area contributed by atoms with E-state index >= 15 is 0 Å². The van der Waals surface area contributed by atoms with E-state index in [1.54, 1.807) is 0 Å². The second-order valence-electron chi connectivity index (χ2n) is 4.55. The highest BCUT2D eigenvalue weighted by Crippen LogP contribution is 2.14. The predicted octanol–water partition coefficient (Wildman–Crippen LogP) is 2.76. The number of nitrogens with one attached hydrogen (secondary N) is 1. The monoisotopic (exact) mass is 277 g/mol. The van der Waals surface area contributed by atoms with Crippen LogP contribution in [0.4, 0.5) is 0 Å². The molecule has 4 heteroatoms. The Hall–Kier alpha value is -1.39. The van der Waals surface area contributed by atoms with Gasteiger partial charge < -0.3 is 9.73 Å². The summed E-state index contributed by atoms with van der Waals surface area (Å²) < 4.78 is 17.7. The van der Waals surface area contributed by atoms with Gasteiger partial charge in [-0.25, -0.2) is 0 Å². The molecule has 0 fully saturated rings. The molecular formula is C15H19NO2S. The van der Waals surface area contributed by atoms with E-state index in [0.29, 0.717) is 18.1 Å². The first-order chi connectivity index (χ1) is 9.19. The highest BCUT2D eigenvalue weighted by atomic mass is 32.2. The molecule has 0 spiro atoms. The summed E-state index contributed by atoms with van der Waals surface area (Å²) in [7, 11) is 0.937. The molecule has 1 unspecified atom stereocenters. The van der Waals surface area contributed by atoms with Gasteiger partial charge in [-0.2, -0.15) is 0 Å². The van der Waals surface area contributed by atoms with E-state index in [9.17, 15) is 4.21 Å². The van der Waals surface area contributed by atoms with Crippen LogP contribution < -0.4 is 5.32 Å². The van der Waals surface area contributed by atoms with Crippen molar-refractivity contribution in [1.82, 2.24) is 5.32 Å². The average Bonchev–Trinajstić information content (AvgIpc) is 2.80. The molecule has 0 aliphatic rings. The molecule has 19 heavy (non-hydrogen) atoms. The van der Waals surface area contributed by atoms with Gasteiger partial charge in [0.15, 0.2) is 0 Å². The molecule has 0 aliphatic carbocycles. The highest BCUT2D eigenvalue weighted by molar-refractivity contribution is 7.83. The third-order valence-electron chi connectivity index (χ3n) is 2.95. The first-order valence-electron chi connectivity index (χ1n) is 6.30. The fraction of sp³-hybridized carbons (Fsp3) is 0.333. The van der Waals surface area contributed by atoms with Gasteiger partial charge in [0.05, 0.1) is 12.3 Å². The van der Waals surface area contributed by atoms with Gasteiger partial charge in [0.25, 0.3) is 0 Å². The maximum absolute atomic E-state index is 12.1. The fourth-order valence-electron chi connectivity index (χ4n) is 1.92. The van der Waals surface area contributed by atoms with Crippen LogP contribution in [0.5, 0.6) is 0 Å². The van der Waals surface area contributed by atoms with E-state index in [1.807, 2.05) is 50.4 Å². The van der Waals surface area contributed by atoms with E-state index in [1.165, 1.54) is 5.56 Å². The minimum Gasteiger partial charge on any atom is -0.464 e. The van der Waals surface area contributed by atoms with Gasteiger partial charge in [-0.3, -0.25) is 4.21 Å². The Bertz CT molecular complexity index is 563. The number of hydrogen-bond donors (Lipinski definition) is 1. The molecule has 0 saturated heterocycles. The number of aryl methyl sites for hydroxylation is 1. The Morgan fingerprint density at radius 1 is 1.11 bits per heavy atom. The summed E-state index contributed by atoms with van der Waals surface area (Å²) in [6.45, 7) is 2.74. The van der Waals surface area contributed by atoms with Gasteiger partial charge in [0.1, 0.15) is 11.5 Å². The van der Waals surface area contributed by atoms with Gasteiger partial charge in [0, 0.05) is 16.6 Å². The predicted molar refractivity (Wildman–Crippen MR) is 78.2 cm³/mol. The third kappa shape index (κ3) is 4.04. The fourth-order valence-corrected chi connectivity index (χ4v) is 3.17. The van der Waals surface area contributed by atoms with Gasteiger partial charge in [-0.1, -0.05) is 24.3 Å². The number of hydrogen-bond acceptors (Lipinski definition) is 3. The lowest BCUT2D eigenvalue weighted by atomic mass is 10.1. The van der Waals surface area contributed by atoms with Gasteiger partial charge in [-0.15, -0.1) is 0 Å². The van der Waals surface area contributed by atoms with Crippen LogP contribution in [0, 0.1) is 6.92 Å². The Morgan fingerprint density at radius 2 is 1.84 bits per heavy atom. The van der Waals surface area contributed by atoms with E-state index in [2.05, 4.69) is 5.32 Å². The van der Waals surface area contributed by atoms with Crippen LogP contribution in [0.25, 0.3) is 0 Å². The lowest BCUT2D eigenvalue weighted by molar-refractivity contribution is 0.467. The maximum atomic E-state index is 12.1. The molecule has 0 saturated carbocycles. The van der Waals surface area contributed by atoms with Gasteiger partial charge in [-0.05, 0) is 37.2 Å². The normalized spacial score (nSPS) is 12.5. The van der Waals surface area contributed by atoms with Crippen molar-refractivity contribution in [1.29, 1.82) is 0 Å². The smallest absolute Gasteiger partial charge is 0.117 e. The molecule has 1 atom stereocenters. The zero-order valence-electron chi connectivity index (χ0n) is 11.3. The quantitative estimate of drug-likeness (QED) is 0.883. The topological polar surface area (TPSA) is 42.2 Å². The minimum absolute atomic E-state index is 0.470. The molecule has 102 valence electrons. The maximum Gasteiger partial charge on any atom is 0.117 e. The molecule has 1 N–H and O–H groups in total. The van der Waals surface area contributed by atoms with Crippen LogP contribution in [-0.4, -0.2) is 11.3 Å². The van der Waals surface area contributed by atoms with Crippen molar-refractivity contribution < 1.29 is 8.63 Å². The molecule has 1 heterocycles. The van der Waals surface area contributed by atoms with Gasteiger partial charge >= 0.3 is 0 Å². The zero-order valence-corrected chi connectivity index (χ0v) is 12.1. The van der Waals surface area contributed by atoms with E-state index < -0.39 is 10.8 Å². The lowest BCUT2D eigenvalue weighted by Crippen LogP contribution is -2.03. The molecular weight excluding hydrogens is 258 g/mol. The molecule has 0 bridgehead atoms. The molecule has 2 aromatic rings. The standard InChI is InChI=1S/C15H19NO2S/c1-12-5-3-4-6-13(12)10-19(17)11-15-8-7-14(18-15)9-16-2/h3-8,16H,9-11H2,1-2H3. The summed E-state index contributed by atoms with van der Waals surface area (Å²) in [5, 5.41) is 3.03. The van der Waals surface area contributed by atoms with Crippen molar-refractivity contribution >= 4 is 10.8 Å². The summed E-state index contributed by atoms with van der Waals surface area (Å²) in [6, 6.07) is 11.9. The summed E-state index contributed by atoms with van der Waals surface area (Å²) in [4.78, 5) is 0.